The van der Waals surface area contributed by atoms with E-state index >= 15 is 0 Å². The fourth-order valence-corrected chi connectivity index (χ4v) is 3.95. The third-order valence-electron chi connectivity index (χ3n) is 4.88. The lowest BCUT2D eigenvalue weighted by molar-refractivity contribution is 0.0353. The van der Waals surface area contributed by atoms with Gasteiger partial charge in [0.05, 0.1) is 12.2 Å². The molecule has 0 aromatic heterocycles. The number of allylic oxidation sites excluding steroid dienone is 6. The minimum atomic E-state index is 0.0183. The van der Waals surface area contributed by atoms with Gasteiger partial charge in [-0.2, -0.15) is 0 Å². The molecular formula is C21H30ClNO. The van der Waals surface area contributed by atoms with Crippen LogP contribution in [0.2, 0.25) is 0 Å². The van der Waals surface area contributed by atoms with Crippen LogP contribution in [0, 0.1) is 17.8 Å². The molecule has 1 saturated heterocycles. The van der Waals surface area contributed by atoms with Gasteiger partial charge in [0.1, 0.15) is 0 Å². The molecule has 2 rings (SSSR count). The summed E-state index contributed by atoms with van der Waals surface area (Å²) in [5.74, 6) is 1.39. The normalized spacial score (nSPS) is 39.2. The largest absolute Gasteiger partial charge is 0.367 e. The minimum absolute atomic E-state index is 0.0183. The lowest BCUT2D eigenvalue weighted by Crippen LogP contribution is -2.28. The van der Waals surface area contributed by atoms with E-state index in [0.29, 0.717) is 22.8 Å². The van der Waals surface area contributed by atoms with Crippen molar-refractivity contribution in [2.24, 2.45) is 17.8 Å². The van der Waals surface area contributed by atoms with E-state index in [4.69, 9.17) is 16.3 Å². The molecule has 1 N–H and O–H groups in total. The zero-order chi connectivity index (χ0) is 17.5. The van der Waals surface area contributed by atoms with Crippen LogP contribution in [-0.4, -0.2) is 25.3 Å². The molecule has 0 amide bonds. The van der Waals surface area contributed by atoms with Gasteiger partial charge in [0, 0.05) is 17.5 Å². The molecule has 24 heavy (non-hydrogen) atoms. The number of halogens is 1. The molecule has 0 aromatic rings. The van der Waals surface area contributed by atoms with Gasteiger partial charge < -0.3 is 10.1 Å². The van der Waals surface area contributed by atoms with Gasteiger partial charge in [-0.05, 0) is 63.3 Å². The summed E-state index contributed by atoms with van der Waals surface area (Å²) in [6.07, 6.45) is 15.8. The Morgan fingerprint density at radius 1 is 1.25 bits per heavy atom. The number of hydrogen-bond acceptors (Lipinski definition) is 2. The Morgan fingerprint density at radius 3 is 2.71 bits per heavy atom. The summed E-state index contributed by atoms with van der Waals surface area (Å²) in [5.41, 5.74) is 1.12. The van der Waals surface area contributed by atoms with Crippen molar-refractivity contribution in [1.82, 2.24) is 5.32 Å². The van der Waals surface area contributed by atoms with Crippen LogP contribution >= 0.6 is 11.6 Å². The van der Waals surface area contributed by atoms with Gasteiger partial charge in [-0.25, -0.2) is 0 Å². The van der Waals surface area contributed by atoms with Crippen LogP contribution in [0.3, 0.4) is 0 Å². The van der Waals surface area contributed by atoms with Gasteiger partial charge in [0.25, 0.3) is 0 Å². The van der Waals surface area contributed by atoms with Crippen molar-refractivity contribution in [2.45, 2.75) is 39.4 Å². The number of fused-ring (bicyclic) bond motifs is 1. The molecule has 3 heteroatoms. The van der Waals surface area contributed by atoms with Crippen LogP contribution in [-0.2, 0) is 4.74 Å². The topological polar surface area (TPSA) is 21.3 Å². The van der Waals surface area contributed by atoms with Gasteiger partial charge in [0.2, 0.25) is 0 Å². The van der Waals surface area contributed by atoms with Crippen molar-refractivity contribution in [1.29, 1.82) is 0 Å². The van der Waals surface area contributed by atoms with E-state index in [1.165, 1.54) is 0 Å². The zero-order valence-electron chi connectivity index (χ0n) is 15.0. The lowest BCUT2D eigenvalue weighted by Gasteiger charge is -2.30. The van der Waals surface area contributed by atoms with E-state index in [0.717, 1.165) is 25.1 Å². The van der Waals surface area contributed by atoms with E-state index < -0.39 is 0 Å². The quantitative estimate of drug-likeness (QED) is 0.709. The molecule has 1 fully saturated rings. The average molecular weight is 348 g/mol. The van der Waals surface area contributed by atoms with E-state index in [-0.39, 0.29) is 12.2 Å². The zero-order valence-corrected chi connectivity index (χ0v) is 15.8. The van der Waals surface area contributed by atoms with E-state index in [9.17, 15) is 0 Å². The molecule has 2 aliphatic heterocycles. The second kappa shape index (κ2) is 9.41. The molecule has 0 aromatic carbocycles. The van der Waals surface area contributed by atoms with Crippen LogP contribution in [0.4, 0.5) is 0 Å². The molecule has 0 spiro atoms. The Balaban J connectivity index is 2.37. The first-order chi connectivity index (χ1) is 11.5. The summed E-state index contributed by atoms with van der Waals surface area (Å²) >= 11 is 6.37. The maximum Gasteiger partial charge on any atom is 0.0769 e. The predicted molar refractivity (Wildman–Crippen MR) is 104 cm³/mol. The summed E-state index contributed by atoms with van der Waals surface area (Å²) < 4.78 is 6.23. The summed E-state index contributed by atoms with van der Waals surface area (Å²) in [6, 6.07) is 0. The molecule has 0 radical (unpaired) electrons. The van der Waals surface area contributed by atoms with Gasteiger partial charge in [-0.3, -0.25) is 0 Å². The van der Waals surface area contributed by atoms with Crippen LogP contribution in [0.15, 0.2) is 59.7 Å². The number of ether oxygens (including phenoxy) is 1. The minimum Gasteiger partial charge on any atom is -0.367 e. The molecule has 5 atom stereocenters. The lowest BCUT2D eigenvalue weighted by atomic mass is 9.77. The van der Waals surface area contributed by atoms with Gasteiger partial charge in [-0.1, -0.05) is 48.6 Å². The Hall–Kier alpha value is -1.09. The highest BCUT2D eigenvalue weighted by Crippen LogP contribution is 2.35. The molecule has 2 nitrogen and oxygen atoms in total. The summed E-state index contributed by atoms with van der Waals surface area (Å²) in [5, 5.41) is 4.25. The Kier molecular flexibility index (Phi) is 7.54. The predicted octanol–water partition coefficient (Wildman–Crippen LogP) is 5.00. The first-order valence-corrected chi connectivity index (χ1v) is 9.29. The Bertz CT molecular complexity index is 546. The monoisotopic (exact) mass is 347 g/mol. The SMILES string of the molecule is C=C1/C=C(Cl)\C=C/C(C)OC(/C=C\C)CC(/C=C\C)C2CNC[C@@H]12. The molecule has 132 valence electrons. The highest BCUT2D eigenvalue weighted by molar-refractivity contribution is 6.31. The fraction of sp³-hybridized carbons (Fsp3) is 0.524. The molecule has 0 bridgehead atoms. The van der Waals surface area contributed by atoms with Crippen molar-refractivity contribution in [3.63, 3.8) is 0 Å². The molecular weight excluding hydrogens is 318 g/mol. The number of nitrogens with one attached hydrogen (secondary N) is 1. The van der Waals surface area contributed by atoms with Gasteiger partial charge in [-0.15, -0.1) is 0 Å². The van der Waals surface area contributed by atoms with Gasteiger partial charge >= 0.3 is 0 Å². The molecule has 4 unspecified atom stereocenters. The van der Waals surface area contributed by atoms with E-state index in [2.05, 4.69) is 50.0 Å². The summed E-state index contributed by atoms with van der Waals surface area (Å²) in [7, 11) is 0. The number of hydrogen-bond donors (Lipinski definition) is 1. The first kappa shape index (κ1) is 19.2. The maximum absolute atomic E-state index is 6.37. The standard InChI is InChI=1S/C21H30ClNO/c1-5-7-17-12-19(8-6-2)24-16(4)9-10-18(22)11-15(3)20-13-23-14-21(17)20/h5-11,16-17,19-21,23H,3,12-14H2,1-2,4H3/b7-5-,8-6-,10-9-,18-11+/t16?,17?,19?,20-,21?/m0/s1. The summed E-state index contributed by atoms with van der Waals surface area (Å²) in [6.45, 7) is 12.5. The fourth-order valence-electron chi connectivity index (χ4n) is 3.74. The maximum atomic E-state index is 6.37. The van der Waals surface area contributed by atoms with E-state index in [1.807, 2.05) is 25.2 Å². The molecule has 2 heterocycles. The second-order valence-corrected chi connectivity index (χ2v) is 7.16. The first-order valence-electron chi connectivity index (χ1n) is 8.91. The van der Waals surface area contributed by atoms with E-state index in [1.54, 1.807) is 0 Å². The highest BCUT2D eigenvalue weighted by Gasteiger charge is 2.34. The van der Waals surface area contributed by atoms with Crippen molar-refractivity contribution in [3.05, 3.63) is 59.7 Å². The number of rotatable bonds is 2. The average Bonchev–Trinajstić information content (AvgIpc) is 3.01. The molecule has 0 saturated carbocycles. The Labute approximate surface area is 152 Å². The van der Waals surface area contributed by atoms with Crippen molar-refractivity contribution in [3.8, 4) is 0 Å². The second-order valence-electron chi connectivity index (χ2n) is 6.72. The van der Waals surface area contributed by atoms with Crippen LogP contribution in [0.25, 0.3) is 0 Å². The summed E-state index contributed by atoms with van der Waals surface area (Å²) in [4.78, 5) is 0. The smallest absolute Gasteiger partial charge is 0.0769 e. The highest BCUT2D eigenvalue weighted by atomic mass is 35.5. The molecule has 0 aliphatic carbocycles. The van der Waals surface area contributed by atoms with Crippen molar-refractivity contribution in [2.75, 3.05) is 13.1 Å². The van der Waals surface area contributed by atoms with Crippen molar-refractivity contribution < 1.29 is 4.74 Å². The van der Waals surface area contributed by atoms with Crippen LogP contribution < -0.4 is 5.32 Å². The van der Waals surface area contributed by atoms with Gasteiger partial charge in [0.15, 0.2) is 0 Å². The molecule has 2 aliphatic rings. The van der Waals surface area contributed by atoms with Crippen molar-refractivity contribution >= 4 is 11.6 Å². The van der Waals surface area contributed by atoms with Crippen LogP contribution in [0.1, 0.15) is 27.2 Å². The third kappa shape index (κ3) is 5.20. The third-order valence-corrected chi connectivity index (χ3v) is 5.11. The Morgan fingerprint density at radius 2 is 2.00 bits per heavy atom. The van der Waals surface area contributed by atoms with Crippen LogP contribution in [0.5, 0.6) is 0 Å².